The van der Waals surface area contributed by atoms with E-state index in [9.17, 15) is 0 Å². The molecule has 0 aliphatic carbocycles. The van der Waals surface area contributed by atoms with Crippen molar-refractivity contribution < 1.29 is 4.43 Å². The molecule has 1 nitrogen and oxygen atoms in total. The van der Waals surface area contributed by atoms with Crippen LogP contribution >= 0.6 is 0 Å². The maximum absolute atomic E-state index is 6.47. The van der Waals surface area contributed by atoms with E-state index in [0.717, 1.165) is 5.75 Å². The van der Waals surface area contributed by atoms with Gasteiger partial charge in [0.05, 0.1) is 0 Å². The van der Waals surface area contributed by atoms with Crippen molar-refractivity contribution in [3.8, 4) is 5.75 Å². The summed E-state index contributed by atoms with van der Waals surface area (Å²) in [4.78, 5) is 0. The van der Waals surface area contributed by atoms with Crippen LogP contribution in [-0.2, 0) is 5.41 Å². The first-order valence-corrected chi connectivity index (χ1v) is 10.1. The lowest BCUT2D eigenvalue weighted by Crippen LogP contribution is -2.44. The van der Waals surface area contributed by atoms with Crippen LogP contribution in [0.4, 0.5) is 0 Å². The van der Waals surface area contributed by atoms with Crippen LogP contribution in [0.3, 0.4) is 0 Å². The second kappa shape index (κ2) is 4.97. The number of aryl methyl sites for hydroxylation is 1. The number of benzene rings is 1. The highest BCUT2D eigenvalue weighted by Crippen LogP contribution is 2.39. The van der Waals surface area contributed by atoms with Crippen molar-refractivity contribution in [1.29, 1.82) is 0 Å². The number of hydrogen-bond donors (Lipinski definition) is 0. The molecule has 0 heterocycles. The minimum atomic E-state index is -1.76. The summed E-state index contributed by atoms with van der Waals surface area (Å²) in [6.45, 7) is 20.3. The Balaban J connectivity index is 3.15. The molecule has 0 N–H and O–H groups in total. The summed E-state index contributed by atoms with van der Waals surface area (Å²) in [5.74, 6) is 1.07. The van der Waals surface area contributed by atoms with Crippen molar-refractivity contribution in [2.75, 3.05) is 0 Å². The molecule has 0 radical (unpaired) electrons. The van der Waals surface area contributed by atoms with Gasteiger partial charge in [0, 0.05) is 0 Å². The van der Waals surface area contributed by atoms with Crippen molar-refractivity contribution in [2.45, 2.75) is 72.0 Å². The summed E-state index contributed by atoms with van der Waals surface area (Å²) in [5, 5.41) is 0.233. The Kier molecular flexibility index (Phi) is 4.26. The van der Waals surface area contributed by atoms with Gasteiger partial charge in [-0.05, 0) is 47.7 Å². The molecule has 108 valence electrons. The first-order chi connectivity index (χ1) is 8.34. The summed E-state index contributed by atoms with van der Waals surface area (Å²) in [6.07, 6.45) is 0. The fourth-order valence-corrected chi connectivity index (χ4v) is 2.68. The summed E-state index contributed by atoms with van der Waals surface area (Å²) in [6, 6.07) is 6.63. The van der Waals surface area contributed by atoms with Gasteiger partial charge in [0.1, 0.15) is 5.75 Å². The van der Waals surface area contributed by atoms with Crippen LogP contribution in [0.25, 0.3) is 0 Å². The highest BCUT2D eigenvalue weighted by molar-refractivity contribution is 6.74. The van der Waals surface area contributed by atoms with Gasteiger partial charge in [-0.2, -0.15) is 0 Å². The summed E-state index contributed by atoms with van der Waals surface area (Å²) < 4.78 is 6.47. The third kappa shape index (κ3) is 3.85. The van der Waals surface area contributed by atoms with Gasteiger partial charge in [0.15, 0.2) is 0 Å². The molecular weight excluding hydrogens is 248 g/mol. The molecule has 0 atom stereocenters. The zero-order valence-electron chi connectivity index (χ0n) is 14.1. The maximum Gasteiger partial charge on any atom is 0.250 e. The number of hydrogen-bond acceptors (Lipinski definition) is 1. The van der Waals surface area contributed by atoms with Crippen LogP contribution in [-0.4, -0.2) is 8.32 Å². The lowest BCUT2D eigenvalue weighted by molar-refractivity contribution is 0.485. The number of rotatable bonds is 2. The highest BCUT2D eigenvalue weighted by atomic mass is 28.4. The van der Waals surface area contributed by atoms with Crippen molar-refractivity contribution in [2.24, 2.45) is 0 Å². The molecule has 0 aromatic heterocycles. The zero-order chi connectivity index (χ0) is 15.1. The van der Waals surface area contributed by atoms with Gasteiger partial charge in [-0.3, -0.25) is 0 Å². The van der Waals surface area contributed by atoms with Gasteiger partial charge in [-0.15, -0.1) is 0 Å². The molecule has 0 unspecified atom stereocenters. The van der Waals surface area contributed by atoms with Crippen LogP contribution in [0.2, 0.25) is 18.1 Å². The van der Waals surface area contributed by atoms with E-state index in [1.165, 1.54) is 11.1 Å². The van der Waals surface area contributed by atoms with Crippen LogP contribution in [0.1, 0.15) is 52.7 Å². The molecule has 0 fully saturated rings. The topological polar surface area (TPSA) is 9.23 Å². The van der Waals surface area contributed by atoms with Crippen LogP contribution in [0.5, 0.6) is 5.75 Å². The van der Waals surface area contributed by atoms with Gasteiger partial charge >= 0.3 is 0 Å². The standard InChI is InChI=1S/C17H30OSi/c1-13-10-11-14(16(2,3)4)12-15(13)18-19(8,9)17(5,6)7/h10-12H,1-9H3. The van der Waals surface area contributed by atoms with Crippen LogP contribution in [0.15, 0.2) is 18.2 Å². The minimum absolute atomic E-state index is 0.166. The molecule has 0 aliphatic rings. The van der Waals surface area contributed by atoms with E-state index in [4.69, 9.17) is 4.43 Å². The lowest BCUT2D eigenvalue weighted by atomic mass is 9.86. The lowest BCUT2D eigenvalue weighted by Gasteiger charge is -2.37. The molecule has 1 aromatic carbocycles. The Hall–Kier alpha value is -0.763. The van der Waals surface area contributed by atoms with Crippen molar-refractivity contribution in [1.82, 2.24) is 0 Å². The van der Waals surface area contributed by atoms with Crippen LogP contribution < -0.4 is 4.43 Å². The Morgan fingerprint density at radius 2 is 1.47 bits per heavy atom. The fourth-order valence-electron chi connectivity index (χ4n) is 1.60. The first kappa shape index (κ1) is 16.3. The van der Waals surface area contributed by atoms with E-state index < -0.39 is 8.32 Å². The molecular formula is C17H30OSi. The van der Waals surface area contributed by atoms with E-state index in [0.29, 0.717) is 0 Å². The Bertz CT molecular complexity index is 447. The van der Waals surface area contributed by atoms with E-state index in [1.807, 2.05) is 0 Å². The minimum Gasteiger partial charge on any atom is -0.543 e. The molecule has 0 saturated heterocycles. The average molecular weight is 279 g/mol. The third-order valence-corrected chi connectivity index (χ3v) is 8.57. The zero-order valence-corrected chi connectivity index (χ0v) is 15.1. The van der Waals surface area contributed by atoms with Gasteiger partial charge in [0.25, 0.3) is 0 Å². The van der Waals surface area contributed by atoms with Gasteiger partial charge in [0.2, 0.25) is 8.32 Å². The molecule has 0 bridgehead atoms. The molecule has 0 saturated carbocycles. The van der Waals surface area contributed by atoms with Gasteiger partial charge in [-0.25, -0.2) is 0 Å². The van der Waals surface area contributed by atoms with Crippen molar-refractivity contribution in [3.05, 3.63) is 29.3 Å². The second-order valence-electron chi connectivity index (χ2n) is 8.09. The second-order valence-corrected chi connectivity index (χ2v) is 12.8. The Labute approximate surface area is 120 Å². The average Bonchev–Trinajstić information content (AvgIpc) is 2.17. The highest BCUT2D eigenvalue weighted by Gasteiger charge is 2.39. The van der Waals surface area contributed by atoms with E-state index in [1.54, 1.807) is 0 Å². The molecule has 0 amide bonds. The molecule has 1 rings (SSSR count). The predicted molar refractivity (Wildman–Crippen MR) is 87.7 cm³/mol. The molecule has 0 aliphatic heterocycles. The molecule has 1 aromatic rings. The third-order valence-electron chi connectivity index (χ3n) is 4.23. The normalized spacial score (nSPS) is 13.5. The van der Waals surface area contributed by atoms with Crippen molar-refractivity contribution in [3.63, 3.8) is 0 Å². The molecule has 0 spiro atoms. The quantitative estimate of drug-likeness (QED) is 0.633. The van der Waals surface area contributed by atoms with E-state index in [2.05, 4.69) is 79.8 Å². The van der Waals surface area contributed by atoms with Gasteiger partial charge < -0.3 is 4.43 Å². The van der Waals surface area contributed by atoms with Crippen molar-refractivity contribution >= 4 is 8.32 Å². The summed E-state index contributed by atoms with van der Waals surface area (Å²) in [5.41, 5.74) is 2.74. The van der Waals surface area contributed by atoms with Crippen LogP contribution in [0, 0.1) is 6.92 Å². The largest absolute Gasteiger partial charge is 0.543 e. The Morgan fingerprint density at radius 3 is 1.89 bits per heavy atom. The fraction of sp³-hybridized carbons (Fsp3) is 0.647. The SMILES string of the molecule is Cc1ccc(C(C)(C)C)cc1O[Si](C)(C)C(C)(C)C. The smallest absolute Gasteiger partial charge is 0.250 e. The summed E-state index contributed by atoms with van der Waals surface area (Å²) in [7, 11) is -1.76. The summed E-state index contributed by atoms with van der Waals surface area (Å²) >= 11 is 0. The first-order valence-electron chi connectivity index (χ1n) is 7.15. The molecule has 19 heavy (non-hydrogen) atoms. The van der Waals surface area contributed by atoms with Gasteiger partial charge in [-0.1, -0.05) is 53.7 Å². The Morgan fingerprint density at radius 1 is 0.947 bits per heavy atom. The maximum atomic E-state index is 6.47. The van der Waals surface area contributed by atoms with E-state index in [-0.39, 0.29) is 10.5 Å². The van der Waals surface area contributed by atoms with E-state index >= 15 is 0 Å². The predicted octanol–water partition coefficient (Wildman–Crippen LogP) is 5.68. The monoisotopic (exact) mass is 278 g/mol. The molecule has 2 heteroatoms.